The largest absolute Gasteiger partial charge is 0.369 e. The fourth-order valence-corrected chi connectivity index (χ4v) is 2.71. The second-order valence-electron chi connectivity index (χ2n) is 5.20. The van der Waals surface area contributed by atoms with Crippen molar-refractivity contribution in [1.29, 1.82) is 0 Å². The summed E-state index contributed by atoms with van der Waals surface area (Å²) in [7, 11) is 0. The SMILES string of the molecule is CCc1noc(CN2CCN(c3cccc(Cl)c3)CC2)n1. The maximum atomic E-state index is 6.05. The third-order valence-electron chi connectivity index (χ3n) is 3.73. The molecule has 0 radical (unpaired) electrons. The van der Waals surface area contributed by atoms with Crippen LogP contribution in [0.1, 0.15) is 18.6 Å². The van der Waals surface area contributed by atoms with E-state index in [-0.39, 0.29) is 0 Å². The van der Waals surface area contributed by atoms with Gasteiger partial charge in [-0.3, -0.25) is 4.90 Å². The number of hydrogen-bond acceptors (Lipinski definition) is 5. The summed E-state index contributed by atoms with van der Waals surface area (Å²) < 4.78 is 5.25. The van der Waals surface area contributed by atoms with E-state index < -0.39 is 0 Å². The summed E-state index contributed by atoms with van der Waals surface area (Å²) in [6.45, 7) is 6.69. The number of anilines is 1. The summed E-state index contributed by atoms with van der Waals surface area (Å²) in [5.41, 5.74) is 1.19. The summed E-state index contributed by atoms with van der Waals surface area (Å²) in [4.78, 5) is 9.06. The molecule has 1 aliphatic rings. The lowest BCUT2D eigenvalue weighted by Gasteiger charge is -2.35. The van der Waals surface area contributed by atoms with Gasteiger partial charge in [-0.15, -0.1) is 0 Å². The van der Waals surface area contributed by atoms with Crippen LogP contribution >= 0.6 is 11.6 Å². The molecule has 0 amide bonds. The minimum Gasteiger partial charge on any atom is -0.369 e. The van der Waals surface area contributed by atoms with Crippen molar-refractivity contribution in [1.82, 2.24) is 15.0 Å². The Morgan fingerprint density at radius 2 is 2.05 bits per heavy atom. The Balaban J connectivity index is 1.55. The average molecular weight is 307 g/mol. The number of aromatic nitrogens is 2. The molecule has 0 unspecified atom stereocenters. The van der Waals surface area contributed by atoms with Crippen LogP contribution in [-0.4, -0.2) is 41.2 Å². The van der Waals surface area contributed by atoms with Crippen molar-refractivity contribution in [3.63, 3.8) is 0 Å². The molecule has 0 saturated carbocycles. The number of aryl methyl sites for hydroxylation is 1. The van der Waals surface area contributed by atoms with E-state index in [1.54, 1.807) is 0 Å². The Kier molecular flexibility index (Phi) is 4.41. The molecule has 0 aliphatic carbocycles. The minimum atomic E-state index is 0.711. The predicted molar refractivity (Wildman–Crippen MR) is 82.6 cm³/mol. The molecule has 0 bridgehead atoms. The topological polar surface area (TPSA) is 45.4 Å². The number of halogens is 1. The number of rotatable bonds is 4. The minimum absolute atomic E-state index is 0.711. The number of benzene rings is 1. The van der Waals surface area contributed by atoms with E-state index in [0.717, 1.165) is 50.0 Å². The summed E-state index contributed by atoms with van der Waals surface area (Å²) in [6.07, 6.45) is 0.812. The third-order valence-corrected chi connectivity index (χ3v) is 3.97. The quantitative estimate of drug-likeness (QED) is 0.869. The maximum Gasteiger partial charge on any atom is 0.240 e. The molecular formula is C15H19ClN4O. The number of hydrogen-bond donors (Lipinski definition) is 0. The Morgan fingerprint density at radius 1 is 1.24 bits per heavy atom. The molecule has 1 fully saturated rings. The zero-order valence-corrected chi connectivity index (χ0v) is 12.9. The van der Waals surface area contributed by atoms with Crippen molar-refractivity contribution in [2.24, 2.45) is 0 Å². The van der Waals surface area contributed by atoms with Crippen molar-refractivity contribution in [2.45, 2.75) is 19.9 Å². The van der Waals surface area contributed by atoms with Crippen LogP contribution in [0.25, 0.3) is 0 Å². The second-order valence-corrected chi connectivity index (χ2v) is 5.64. The molecule has 3 rings (SSSR count). The smallest absolute Gasteiger partial charge is 0.240 e. The van der Waals surface area contributed by atoms with Gasteiger partial charge in [0.25, 0.3) is 0 Å². The van der Waals surface area contributed by atoms with Crippen LogP contribution in [0, 0.1) is 0 Å². The number of piperazine rings is 1. The molecule has 2 aromatic rings. The van der Waals surface area contributed by atoms with Gasteiger partial charge in [0.1, 0.15) is 0 Å². The molecule has 6 heteroatoms. The monoisotopic (exact) mass is 306 g/mol. The lowest BCUT2D eigenvalue weighted by molar-refractivity contribution is 0.215. The van der Waals surface area contributed by atoms with Crippen LogP contribution in [-0.2, 0) is 13.0 Å². The highest BCUT2D eigenvalue weighted by Crippen LogP contribution is 2.21. The Morgan fingerprint density at radius 3 is 2.71 bits per heavy atom. The summed E-state index contributed by atoms with van der Waals surface area (Å²) in [6, 6.07) is 8.02. The fourth-order valence-electron chi connectivity index (χ4n) is 2.53. The second kappa shape index (κ2) is 6.45. The normalized spacial score (nSPS) is 16.4. The summed E-state index contributed by atoms with van der Waals surface area (Å²) >= 11 is 6.05. The number of nitrogens with zero attached hydrogens (tertiary/aromatic N) is 4. The van der Waals surface area contributed by atoms with Gasteiger partial charge in [0.15, 0.2) is 5.82 Å². The Labute approximate surface area is 129 Å². The molecule has 0 atom stereocenters. The first-order valence-corrected chi connectivity index (χ1v) is 7.66. The van der Waals surface area contributed by atoms with E-state index in [4.69, 9.17) is 16.1 Å². The molecule has 1 aliphatic heterocycles. The van der Waals surface area contributed by atoms with Crippen molar-refractivity contribution >= 4 is 17.3 Å². The predicted octanol–water partition coefficient (Wildman–Crippen LogP) is 2.61. The van der Waals surface area contributed by atoms with Crippen LogP contribution < -0.4 is 4.90 Å². The molecule has 1 aromatic heterocycles. The van der Waals surface area contributed by atoms with E-state index in [0.29, 0.717) is 5.89 Å². The van der Waals surface area contributed by atoms with Crippen LogP contribution in [0.5, 0.6) is 0 Å². The lowest BCUT2D eigenvalue weighted by atomic mass is 10.2. The first-order chi connectivity index (χ1) is 10.2. The Bertz CT molecular complexity index is 593. The van der Waals surface area contributed by atoms with Gasteiger partial charge in [-0.05, 0) is 18.2 Å². The van der Waals surface area contributed by atoms with E-state index >= 15 is 0 Å². The highest BCUT2D eigenvalue weighted by molar-refractivity contribution is 6.30. The van der Waals surface area contributed by atoms with Gasteiger partial charge in [-0.1, -0.05) is 29.7 Å². The van der Waals surface area contributed by atoms with E-state index in [9.17, 15) is 0 Å². The van der Waals surface area contributed by atoms with Crippen molar-refractivity contribution in [3.8, 4) is 0 Å². The van der Waals surface area contributed by atoms with E-state index in [1.165, 1.54) is 5.69 Å². The van der Waals surface area contributed by atoms with Gasteiger partial charge in [-0.2, -0.15) is 4.98 Å². The van der Waals surface area contributed by atoms with Gasteiger partial charge in [0.2, 0.25) is 5.89 Å². The molecule has 0 N–H and O–H groups in total. The zero-order valence-electron chi connectivity index (χ0n) is 12.1. The van der Waals surface area contributed by atoms with E-state index in [2.05, 4.69) is 26.0 Å². The zero-order chi connectivity index (χ0) is 14.7. The summed E-state index contributed by atoms with van der Waals surface area (Å²) in [5.74, 6) is 1.49. The third kappa shape index (κ3) is 3.54. The fraction of sp³-hybridized carbons (Fsp3) is 0.467. The van der Waals surface area contributed by atoms with Gasteiger partial charge >= 0.3 is 0 Å². The average Bonchev–Trinajstić information content (AvgIpc) is 2.96. The first kappa shape index (κ1) is 14.4. The van der Waals surface area contributed by atoms with Crippen molar-refractivity contribution < 1.29 is 4.52 Å². The van der Waals surface area contributed by atoms with E-state index in [1.807, 2.05) is 25.1 Å². The van der Waals surface area contributed by atoms with Gasteiger partial charge in [-0.25, -0.2) is 0 Å². The molecule has 21 heavy (non-hydrogen) atoms. The van der Waals surface area contributed by atoms with Crippen molar-refractivity contribution in [3.05, 3.63) is 41.0 Å². The van der Waals surface area contributed by atoms with Crippen LogP contribution in [0.15, 0.2) is 28.8 Å². The van der Waals surface area contributed by atoms with Gasteiger partial charge in [0.05, 0.1) is 6.54 Å². The van der Waals surface area contributed by atoms with Crippen LogP contribution in [0.2, 0.25) is 5.02 Å². The summed E-state index contributed by atoms with van der Waals surface area (Å²) in [5, 5.41) is 4.72. The molecule has 2 heterocycles. The first-order valence-electron chi connectivity index (χ1n) is 7.29. The standard InChI is InChI=1S/C15H19ClN4O/c1-2-14-17-15(21-18-14)11-19-6-8-20(9-7-19)13-5-3-4-12(16)10-13/h3-5,10H,2,6-9,11H2,1H3. The van der Waals surface area contributed by atoms with Gasteiger partial charge < -0.3 is 9.42 Å². The highest BCUT2D eigenvalue weighted by Gasteiger charge is 2.19. The molecular weight excluding hydrogens is 288 g/mol. The van der Waals surface area contributed by atoms with Crippen LogP contribution in [0.4, 0.5) is 5.69 Å². The molecule has 0 spiro atoms. The molecule has 5 nitrogen and oxygen atoms in total. The van der Waals surface area contributed by atoms with Gasteiger partial charge in [0, 0.05) is 43.3 Å². The van der Waals surface area contributed by atoms with Crippen molar-refractivity contribution in [2.75, 3.05) is 31.1 Å². The lowest BCUT2D eigenvalue weighted by Crippen LogP contribution is -2.46. The maximum absolute atomic E-state index is 6.05. The molecule has 112 valence electrons. The molecule has 1 aromatic carbocycles. The highest BCUT2D eigenvalue weighted by atomic mass is 35.5. The van der Waals surface area contributed by atoms with Crippen LogP contribution in [0.3, 0.4) is 0 Å². The molecule has 1 saturated heterocycles. The Hall–Kier alpha value is -1.59.